The van der Waals surface area contributed by atoms with E-state index in [1.807, 2.05) is 20.8 Å². The zero-order valence-corrected chi connectivity index (χ0v) is 10.3. The molecule has 0 spiro atoms. The number of carbonyl (C=O) groups is 1. The van der Waals surface area contributed by atoms with Gasteiger partial charge >= 0.3 is 5.97 Å². The molecule has 0 heterocycles. The second-order valence-corrected chi connectivity index (χ2v) is 5.77. The largest absolute Gasteiger partial charge is 0.459 e. The van der Waals surface area contributed by atoms with Crippen molar-refractivity contribution in [3.63, 3.8) is 0 Å². The van der Waals surface area contributed by atoms with E-state index in [2.05, 4.69) is 0 Å². The van der Waals surface area contributed by atoms with Crippen molar-refractivity contribution in [3.05, 3.63) is 0 Å². The number of hydrogen-bond donors (Lipinski definition) is 1. The normalized spacial score (nSPS) is 22.5. The summed E-state index contributed by atoms with van der Waals surface area (Å²) >= 11 is 0. The van der Waals surface area contributed by atoms with E-state index >= 15 is 0 Å². The third-order valence-corrected chi connectivity index (χ3v) is 3.04. The molecule has 0 aliphatic heterocycles. The van der Waals surface area contributed by atoms with Crippen molar-refractivity contribution in [2.75, 3.05) is 0 Å². The Balaban J connectivity index is 2.63. The molecule has 2 N–H and O–H groups in total. The van der Waals surface area contributed by atoms with Crippen molar-refractivity contribution in [1.82, 2.24) is 0 Å². The standard InChI is InChI=1S/C12H23NO2/c1-11(2,3)15-10(14)12(4,13)9-7-5-6-8-9/h9H,5-8,13H2,1-4H3. The maximum Gasteiger partial charge on any atom is 0.326 e. The van der Waals surface area contributed by atoms with Crippen molar-refractivity contribution in [1.29, 1.82) is 0 Å². The highest BCUT2D eigenvalue weighted by Gasteiger charge is 2.41. The number of esters is 1. The molecule has 0 bridgehead atoms. The first kappa shape index (κ1) is 12.5. The van der Waals surface area contributed by atoms with Gasteiger partial charge in [0.15, 0.2) is 0 Å². The SMILES string of the molecule is CC(C)(C)OC(=O)C(C)(N)C1CCCC1. The Morgan fingerprint density at radius 2 is 1.67 bits per heavy atom. The van der Waals surface area contributed by atoms with E-state index < -0.39 is 11.1 Å². The maximum atomic E-state index is 11.9. The van der Waals surface area contributed by atoms with Gasteiger partial charge in [-0.25, -0.2) is 0 Å². The van der Waals surface area contributed by atoms with Crippen molar-refractivity contribution >= 4 is 5.97 Å². The zero-order chi connectivity index (χ0) is 11.7. The van der Waals surface area contributed by atoms with Gasteiger partial charge in [-0.3, -0.25) is 4.79 Å². The van der Waals surface area contributed by atoms with Gasteiger partial charge in [0.05, 0.1) is 0 Å². The van der Waals surface area contributed by atoms with Crippen molar-refractivity contribution < 1.29 is 9.53 Å². The fraction of sp³-hybridized carbons (Fsp3) is 0.917. The zero-order valence-electron chi connectivity index (χ0n) is 10.3. The Bertz CT molecular complexity index is 234. The molecule has 88 valence electrons. The van der Waals surface area contributed by atoms with Crippen LogP contribution in [0, 0.1) is 5.92 Å². The quantitative estimate of drug-likeness (QED) is 0.716. The molecule has 0 radical (unpaired) electrons. The number of ether oxygens (including phenoxy) is 1. The van der Waals surface area contributed by atoms with Crippen molar-refractivity contribution in [2.24, 2.45) is 11.7 Å². The second kappa shape index (κ2) is 4.12. The molecule has 1 aliphatic rings. The first-order chi connectivity index (χ1) is 6.73. The van der Waals surface area contributed by atoms with E-state index in [1.54, 1.807) is 6.92 Å². The van der Waals surface area contributed by atoms with Gasteiger partial charge in [-0.2, -0.15) is 0 Å². The number of carbonyl (C=O) groups excluding carboxylic acids is 1. The van der Waals surface area contributed by atoms with Crippen LogP contribution >= 0.6 is 0 Å². The summed E-state index contributed by atoms with van der Waals surface area (Å²) in [6.07, 6.45) is 4.46. The average Bonchev–Trinajstić information content (AvgIpc) is 2.52. The van der Waals surface area contributed by atoms with Crippen LogP contribution in [-0.2, 0) is 9.53 Å². The summed E-state index contributed by atoms with van der Waals surface area (Å²) in [6, 6.07) is 0. The predicted octanol–water partition coefficient (Wildman–Crippen LogP) is 2.24. The topological polar surface area (TPSA) is 52.3 Å². The lowest BCUT2D eigenvalue weighted by Gasteiger charge is -2.32. The molecule has 1 aliphatic carbocycles. The molecule has 0 amide bonds. The molecule has 0 aromatic heterocycles. The fourth-order valence-corrected chi connectivity index (χ4v) is 2.08. The molecule has 1 rings (SSSR count). The first-order valence-corrected chi connectivity index (χ1v) is 5.76. The molecule has 0 aromatic carbocycles. The van der Waals surface area contributed by atoms with Gasteiger partial charge in [0.1, 0.15) is 11.1 Å². The van der Waals surface area contributed by atoms with Crippen LogP contribution in [0.1, 0.15) is 53.4 Å². The third-order valence-electron chi connectivity index (χ3n) is 3.04. The minimum Gasteiger partial charge on any atom is -0.459 e. The second-order valence-electron chi connectivity index (χ2n) is 5.77. The maximum absolute atomic E-state index is 11.9. The highest BCUT2D eigenvalue weighted by molar-refractivity contribution is 5.80. The molecule has 15 heavy (non-hydrogen) atoms. The Labute approximate surface area is 92.4 Å². The van der Waals surface area contributed by atoms with Crippen LogP contribution in [0.5, 0.6) is 0 Å². The minimum absolute atomic E-state index is 0.262. The number of nitrogens with two attached hydrogens (primary N) is 1. The molecule has 1 fully saturated rings. The van der Waals surface area contributed by atoms with Crippen molar-refractivity contribution in [2.45, 2.75) is 64.5 Å². The molecular formula is C12H23NO2. The number of hydrogen-bond acceptors (Lipinski definition) is 3. The van der Waals surface area contributed by atoms with E-state index in [-0.39, 0.29) is 11.9 Å². The Morgan fingerprint density at radius 3 is 2.07 bits per heavy atom. The monoisotopic (exact) mass is 213 g/mol. The number of rotatable bonds is 2. The van der Waals surface area contributed by atoms with E-state index in [0.29, 0.717) is 0 Å². The summed E-state index contributed by atoms with van der Waals surface area (Å²) in [5.41, 5.74) is 4.83. The lowest BCUT2D eigenvalue weighted by atomic mass is 9.85. The highest BCUT2D eigenvalue weighted by atomic mass is 16.6. The lowest BCUT2D eigenvalue weighted by Crippen LogP contribution is -2.53. The molecule has 0 saturated heterocycles. The highest BCUT2D eigenvalue weighted by Crippen LogP contribution is 2.33. The van der Waals surface area contributed by atoms with Gasteiger partial charge in [-0.1, -0.05) is 12.8 Å². The molecule has 1 saturated carbocycles. The van der Waals surface area contributed by atoms with Crippen LogP contribution in [0.25, 0.3) is 0 Å². The molecule has 1 unspecified atom stereocenters. The Morgan fingerprint density at radius 1 is 1.20 bits per heavy atom. The van der Waals surface area contributed by atoms with E-state index in [1.165, 1.54) is 12.8 Å². The van der Waals surface area contributed by atoms with Gasteiger partial charge in [0, 0.05) is 0 Å². The summed E-state index contributed by atoms with van der Waals surface area (Å²) < 4.78 is 5.35. The molecular weight excluding hydrogens is 190 g/mol. The average molecular weight is 213 g/mol. The summed E-state index contributed by atoms with van der Waals surface area (Å²) in [6.45, 7) is 7.41. The fourth-order valence-electron chi connectivity index (χ4n) is 2.08. The molecule has 1 atom stereocenters. The van der Waals surface area contributed by atoms with Gasteiger partial charge in [-0.05, 0) is 46.5 Å². The molecule has 3 heteroatoms. The van der Waals surface area contributed by atoms with Crippen LogP contribution in [-0.4, -0.2) is 17.1 Å². The first-order valence-electron chi connectivity index (χ1n) is 5.76. The van der Waals surface area contributed by atoms with Crippen LogP contribution < -0.4 is 5.73 Å². The van der Waals surface area contributed by atoms with Crippen LogP contribution in [0.2, 0.25) is 0 Å². The summed E-state index contributed by atoms with van der Waals surface area (Å²) in [4.78, 5) is 11.9. The van der Waals surface area contributed by atoms with Crippen molar-refractivity contribution in [3.8, 4) is 0 Å². The van der Waals surface area contributed by atoms with Crippen LogP contribution in [0.3, 0.4) is 0 Å². The van der Waals surface area contributed by atoms with Gasteiger partial charge in [0.2, 0.25) is 0 Å². The minimum atomic E-state index is -0.816. The van der Waals surface area contributed by atoms with E-state index in [0.717, 1.165) is 12.8 Å². The molecule has 0 aromatic rings. The predicted molar refractivity (Wildman–Crippen MR) is 60.4 cm³/mol. The van der Waals surface area contributed by atoms with E-state index in [4.69, 9.17) is 10.5 Å². The summed E-state index contributed by atoms with van der Waals surface area (Å²) in [5, 5.41) is 0. The smallest absolute Gasteiger partial charge is 0.326 e. The van der Waals surface area contributed by atoms with E-state index in [9.17, 15) is 4.79 Å². The Kier molecular flexibility index (Phi) is 3.44. The van der Waals surface area contributed by atoms with Gasteiger partial charge < -0.3 is 10.5 Å². The van der Waals surface area contributed by atoms with Crippen LogP contribution in [0.15, 0.2) is 0 Å². The lowest BCUT2D eigenvalue weighted by molar-refractivity contribution is -0.163. The summed E-state index contributed by atoms with van der Waals surface area (Å²) in [7, 11) is 0. The Hall–Kier alpha value is -0.570. The van der Waals surface area contributed by atoms with Gasteiger partial charge in [-0.15, -0.1) is 0 Å². The molecule has 3 nitrogen and oxygen atoms in total. The summed E-state index contributed by atoms with van der Waals surface area (Å²) in [5.74, 6) is 0.0225. The van der Waals surface area contributed by atoms with Crippen LogP contribution in [0.4, 0.5) is 0 Å². The van der Waals surface area contributed by atoms with Gasteiger partial charge in [0.25, 0.3) is 0 Å². The third kappa shape index (κ3) is 3.20.